The van der Waals surface area contributed by atoms with Crippen LogP contribution in [0, 0.1) is 47.4 Å². The maximum absolute atomic E-state index is 5.89. The van der Waals surface area contributed by atoms with Crippen molar-refractivity contribution in [1.29, 1.82) is 0 Å². The number of halogens is 3. The minimum atomic E-state index is -1.85. The van der Waals surface area contributed by atoms with Crippen molar-refractivity contribution in [2.24, 2.45) is 0 Å². The molecule has 0 N–H and O–H groups in total. The summed E-state index contributed by atoms with van der Waals surface area (Å²) >= 11 is 4.04. The van der Waals surface area contributed by atoms with Crippen LogP contribution in [0.15, 0.2) is 42.5 Å². The number of benzene rings is 3. The van der Waals surface area contributed by atoms with Gasteiger partial charge >= 0.3 is 108 Å². The van der Waals surface area contributed by atoms with Gasteiger partial charge in [0.05, 0.1) is 0 Å². The second-order valence-electron chi connectivity index (χ2n) is 9.61. The third-order valence-corrected chi connectivity index (χ3v) is 7.91. The van der Waals surface area contributed by atoms with Crippen molar-refractivity contribution >= 4 is 47.0 Å². The number of ether oxygens (including phenoxy) is 1. The van der Waals surface area contributed by atoms with Crippen molar-refractivity contribution < 1.29 is 18.3 Å². The predicted octanol–water partition coefficient (Wildman–Crippen LogP) is 8.68. The van der Waals surface area contributed by atoms with E-state index in [1.807, 2.05) is 30.6 Å². The fraction of sp³-hybridized carbons (Fsp3) is 0.333. The van der Waals surface area contributed by atoms with E-state index in [1.54, 1.807) is 6.07 Å². The zero-order valence-corrected chi connectivity index (χ0v) is 26.5. The van der Waals surface area contributed by atoms with Gasteiger partial charge < -0.3 is 9.80 Å². The molecule has 1 aliphatic rings. The molecule has 0 spiro atoms. The van der Waals surface area contributed by atoms with Crippen molar-refractivity contribution in [3.63, 3.8) is 0 Å². The molecule has 37 heavy (non-hydrogen) atoms. The SMILES string of the molecule is CC(C)Oc1ccc(Cl)cc1[CH]=[Ru]([Cl])[Cl].Cc1c[c-]c(N2[CH-]N(c3c(C)cc(C)cc3C)CC2)c(C)c1. The standard InChI is InChI=1S/C20H24N2.C10H11ClO.2ClH.Ru/c1-14-6-7-19(16(3)10-14)21-8-9-22(13-21)20-17(4)11-15(2)12-18(20)5;1-7(2)12-10-5-4-9(11)6-8(10)3;;;/h6,10-13H,8-9H2,1-5H3;3-7H,1-2H3;2*1H;/q-2;;;;+2/p-2. The first-order valence-corrected chi connectivity index (χ1v) is 18.0. The molecule has 0 atom stereocenters. The summed E-state index contributed by atoms with van der Waals surface area (Å²) in [6.07, 6.45) is 0.115. The molecule has 0 aliphatic carbocycles. The summed E-state index contributed by atoms with van der Waals surface area (Å²) in [6, 6.07) is 17.7. The summed E-state index contributed by atoms with van der Waals surface area (Å²) in [5.41, 5.74) is 9.99. The molecule has 1 fully saturated rings. The average molecular weight is 647 g/mol. The summed E-state index contributed by atoms with van der Waals surface area (Å²) in [6.45, 7) is 19.0. The fourth-order valence-corrected chi connectivity index (χ4v) is 6.53. The first-order chi connectivity index (χ1) is 17.4. The Balaban J connectivity index is 0.000000222. The van der Waals surface area contributed by atoms with Gasteiger partial charge in [0.15, 0.2) is 0 Å². The van der Waals surface area contributed by atoms with Crippen LogP contribution in [0.5, 0.6) is 5.75 Å². The quantitative estimate of drug-likeness (QED) is 0.204. The monoisotopic (exact) mass is 646 g/mol. The van der Waals surface area contributed by atoms with Crippen LogP contribution in [-0.4, -0.2) is 23.8 Å². The molecule has 0 bridgehead atoms. The molecule has 4 rings (SSSR count). The summed E-state index contributed by atoms with van der Waals surface area (Å²) in [5, 5.41) is 0.654. The summed E-state index contributed by atoms with van der Waals surface area (Å²) in [4.78, 5) is 4.69. The summed E-state index contributed by atoms with van der Waals surface area (Å²) in [5.74, 6) is 0.773. The minimum absolute atomic E-state index is 0.115. The van der Waals surface area contributed by atoms with Gasteiger partial charge in [-0.15, -0.1) is 11.3 Å². The van der Waals surface area contributed by atoms with Crippen LogP contribution >= 0.6 is 31.0 Å². The van der Waals surface area contributed by atoms with Crippen LogP contribution in [-0.2, 0) is 13.5 Å². The van der Waals surface area contributed by atoms with E-state index in [9.17, 15) is 0 Å². The zero-order valence-electron chi connectivity index (χ0n) is 22.5. The Bertz CT molecular complexity index is 1250. The molecule has 1 aliphatic heterocycles. The van der Waals surface area contributed by atoms with Crippen LogP contribution in [0.2, 0.25) is 5.02 Å². The Morgan fingerprint density at radius 2 is 1.54 bits per heavy atom. The predicted molar refractivity (Wildman–Crippen MR) is 158 cm³/mol. The summed E-state index contributed by atoms with van der Waals surface area (Å²) < 4.78 is 7.45. The molecule has 1 heterocycles. The molecular weight excluding hydrogens is 612 g/mol. The molecule has 3 nitrogen and oxygen atoms in total. The normalized spacial score (nSPS) is 13.4. The number of hydrogen-bond acceptors (Lipinski definition) is 3. The van der Waals surface area contributed by atoms with E-state index < -0.39 is 13.5 Å². The third-order valence-electron chi connectivity index (χ3n) is 5.85. The van der Waals surface area contributed by atoms with Gasteiger partial charge in [0.1, 0.15) is 0 Å². The third kappa shape index (κ3) is 8.45. The molecule has 0 radical (unpaired) electrons. The van der Waals surface area contributed by atoms with Crippen LogP contribution < -0.4 is 14.5 Å². The number of nitrogens with zero attached hydrogens (tertiary/aromatic N) is 2. The molecule has 1 saturated heterocycles. The van der Waals surface area contributed by atoms with Crippen LogP contribution in [0.3, 0.4) is 0 Å². The number of anilines is 2. The molecular formula is C30H35Cl3N2ORu-2. The van der Waals surface area contributed by atoms with E-state index in [0.29, 0.717) is 5.02 Å². The topological polar surface area (TPSA) is 15.7 Å². The second kappa shape index (κ2) is 13.5. The van der Waals surface area contributed by atoms with Gasteiger partial charge in [-0.05, 0) is 31.9 Å². The van der Waals surface area contributed by atoms with Gasteiger partial charge in [0.25, 0.3) is 0 Å². The largest absolute Gasteiger partial charge is 0.522 e. The van der Waals surface area contributed by atoms with Gasteiger partial charge in [-0.25, -0.2) is 0 Å². The van der Waals surface area contributed by atoms with Gasteiger partial charge in [-0.3, -0.25) is 0 Å². The summed E-state index contributed by atoms with van der Waals surface area (Å²) in [7, 11) is 11.7. The van der Waals surface area contributed by atoms with Crippen molar-refractivity contribution in [3.05, 3.63) is 93.6 Å². The van der Waals surface area contributed by atoms with E-state index in [4.69, 9.17) is 35.7 Å². The Morgan fingerprint density at radius 1 is 0.919 bits per heavy atom. The van der Waals surface area contributed by atoms with Gasteiger partial charge in [-0.1, -0.05) is 31.5 Å². The Hall–Kier alpha value is -1.58. The molecule has 3 aromatic carbocycles. The van der Waals surface area contributed by atoms with E-state index >= 15 is 0 Å². The smallest absolute Gasteiger partial charge is 0.0146 e. The van der Waals surface area contributed by atoms with Crippen molar-refractivity contribution in [1.82, 2.24) is 0 Å². The van der Waals surface area contributed by atoms with E-state index in [1.165, 1.54) is 39.2 Å². The Morgan fingerprint density at radius 3 is 2.14 bits per heavy atom. The molecule has 0 aromatic heterocycles. The molecule has 7 heteroatoms. The van der Waals surface area contributed by atoms with E-state index in [0.717, 1.165) is 24.4 Å². The Kier molecular flexibility index (Phi) is 10.9. The van der Waals surface area contributed by atoms with Crippen LogP contribution in [0.25, 0.3) is 0 Å². The van der Waals surface area contributed by atoms with E-state index in [-0.39, 0.29) is 6.10 Å². The van der Waals surface area contributed by atoms with Gasteiger partial charge in [-0.2, -0.15) is 30.4 Å². The maximum Gasteiger partial charge on any atom is 0.0146 e. The van der Waals surface area contributed by atoms with Crippen molar-refractivity contribution in [2.75, 3.05) is 22.9 Å². The number of aryl methyl sites for hydroxylation is 5. The number of hydrogen-bond donors (Lipinski definition) is 0. The molecule has 0 unspecified atom stereocenters. The Labute approximate surface area is 240 Å². The van der Waals surface area contributed by atoms with Gasteiger partial charge in [0.2, 0.25) is 0 Å². The average Bonchev–Trinajstić information content (AvgIpc) is 3.24. The molecule has 3 aromatic rings. The molecule has 0 amide bonds. The van der Waals surface area contributed by atoms with Crippen LogP contribution in [0.1, 0.15) is 47.2 Å². The minimum Gasteiger partial charge on any atom is -0.522 e. The maximum atomic E-state index is 5.89. The second-order valence-corrected chi connectivity index (χ2v) is 15.8. The molecule has 202 valence electrons. The zero-order chi connectivity index (χ0) is 27.3. The first-order valence-electron chi connectivity index (χ1n) is 12.2. The molecule has 0 saturated carbocycles. The fourth-order valence-electron chi connectivity index (χ4n) is 4.56. The van der Waals surface area contributed by atoms with Crippen LogP contribution in [0.4, 0.5) is 11.4 Å². The first kappa shape index (κ1) is 30.0. The number of rotatable bonds is 5. The van der Waals surface area contributed by atoms with Gasteiger partial charge in [0, 0.05) is 18.8 Å². The van der Waals surface area contributed by atoms with E-state index in [2.05, 4.69) is 81.4 Å². The van der Waals surface area contributed by atoms with Crippen molar-refractivity contribution in [3.8, 4) is 5.75 Å². The van der Waals surface area contributed by atoms with Crippen molar-refractivity contribution in [2.45, 2.75) is 54.6 Å².